The van der Waals surface area contributed by atoms with Crippen LogP contribution in [-0.4, -0.2) is 4.83 Å². The van der Waals surface area contributed by atoms with Crippen LogP contribution in [0, 0.1) is 18.2 Å². The third-order valence-corrected chi connectivity index (χ3v) is 4.48. The fourth-order valence-electron chi connectivity index (χ4n) is 2.72. The summed E-state index contributed by atoms with van der Waals surface area (Å²) < 4.78 is 13.0. The largest absolute Gasteiger partial charge is 0.207 e. The second kappa shape index (κ2) is 4.48. The molecule has 1 aliphatic rings. The lowest BCUT2D eigenvalue weighted by Crippen LogP contribution is -2.16. The molecule has 0 radical (unpaired) electrons. The van der Waals surface area contributed by atoms with Crippen LogP contribution in [0.5, 0.6) is 0 Å². The molecule has 1 aliphatic carbocycles. The van der Waals surface area contributed by atoms with Gasteiger partial charge in [0.2, 0.25) is 0 Å². The van der Waals surface area contributed by atoms with E-state index in [1.165, 1.54) is 24.8 Å². The molecule has 0 spiro atoms. The molecule has 2 heteroatoms. The van der Waals surface area contributed by atoms with E-state index in [-0.39, 0.29) is 5.82 Å². The lowest BCUT2D eigenvalue weighted by atomic mass is 9.81. The van der Waals surface area contributed by atoms with Gasteiger partial charge < -0.3 is 0 Å². The van der Waals surface area contributed by atoms with E-state index >= 15 is 0 Å². The lowest BCUT2D eigenvalue weighted by Gasteiger charge is -2.24. The van der Waals surface area contributed by atoms with Gasteiger partial charge in [-0.1, -0.05) is 28.9 Å². The van der Waals surface area contributed by atoms with Crippen LogP contribution in [0.25, 0.3) is 0 Å². The highest BCUT2D eigenvalue weighted by Crippen LogP contribution is 2.43. The first-order chi connectivity index (χ1) is 7.48. The van der Waals surface area contributed by atoms with Gasteiger partial charge in [-0.05, 0) is 61.3 Å². The molecule has 0 aliphatic heterocycles. The predicted octanol–water partition coefficient (Wildman–Crippen LogP) is 4.63. The molecule has 0 nitrogen and oxygen atoms in total. The standard InChI is InChI=1S/C14H18BrF/c1-10-7-13(16)4-3-11(10)8-14(2)6-5-12(15)9-14/h3-4,7,12H,5-6,8-9H2,1-2H3. The molecule has 0 aromatic heterocycles. The molecule has 0 bridgehead atoms. The van der Waals surface area contributed by atoms with Gasteiger partial charge in [0.15, 0.2) is 0 Å². The molecule has 1 aromatic rings. The van der Waals surface area contributed by atoms with Gasteiger partial charge in [-0.2, -0.15) is 0 Å². The zero-order valence-electron chi connectivity index (χ0n) is 9.89. The van der Waals surface area contributed by atoms with Crippen molar-refractivity contribution >= 4 is 15.9 Å². The Morgan fingerprint density at radius 1 is 1.50 bits per heavy atom. The SMILES string of the molecule is Cc1cc(F)ccc1CC1(C)CCC(Br)C1. The summed E-state index contributed by atoms with van der Waals surface area (Å²) in [6.07, 6.45) is 4.82. The van der Waals surface area contributed by atoms with E-state index < -0.39 is 0 Å². The van der Waals surface area contributed by atoms with Crippen molar-refractivity contribution in [3.63, 3.8) is 0 Å². The molecule has 2 unspecified atom stereocenters. The van der Waals surface area contributed by atoms with Gasteiger partial charge in [-0.25, -0.2) is 4.39 Å². The first-order valence-electron chi connectivity index (χ1n) is 5.88. The number of hydrogen-bond donors (Lipinski definition) is 0. The fourth-order valence-corrected chi connectivity index (χ4v) is 3.73. The summed E-state index contributed by atoms with van der Waals surface area (Å²) >= 11 is 3.70. The summed E-state index contributed by atoms with van der Waals surface area (Å²) in [7, 11) is 0. The van der Waals surface area contributed by atoms with Crippen molar-refractivity contribution in [1.29, 1.82) is 0 Å². The Labute approximate surface area is 105 Å². The Balaban J connectivity index is 2.14. The molecule has 0 heterocycles. The Morgan fingerprint density at radius 2 is 2.25 bits per heavy atom. The maximum absolute atomic E-state index is 13.0. The van der Waals surface area contributed by atoms with Crippen molar-refractivity contribution in [1.82, 2.24) is 0 Å². The number of alkyl halides is 1. The van der Waals surface area contributed by atoms with E-state index in [0.717, 1.165) is 12.0 Å². The second-order valence-corrected chi connectivity index (χ2v) is 6.69. The van der Waals surface area contributed by atoms with Crippen molar-refractivity contribution in [3.8, 4) is 0 Å². The zero-order chi connectivity index (χ0) is 11.8. The molecule has 0 amide bonds. The summed E-state index contributed by atoms with van der Waals surface area (Å²) in [5.74, 6) is -0.129. The zero-order valence-corrected chi connectivity index (χ0v) is 11.5. The van der Waals surface area contributed by atoms with E-state index in [9.17, 15) is 4.39 Å². The molecule has 0 saturated heterocycles. The van der Waals surface area contributed by atoms with E-state index in [0.29, 0.717) is 10.2 Å². The average Bonchev–Trinajstić information content (AvgIpc) is 2.52. The Hall–Kier alpha value is -0.370. The molecule has 2 atom stereocenters. The van der Waals surface area contributed by atoms with Crippen molar-refractivity contribution < 1.29 is 4.39 Å². The third-order valence-electron chi connectivity index (χ3n) is 3.70. The van der Waals surface area contributed by atoms with Crippen LogP contribution in [0.2, 0.25) is 0 Å². The summed E-state index contributed by atoms with van der Waals surface area (Å²) in [5, 5.41) is 0. The number of halogens is 2. The molecule has 16 heavy (non-hydrogen) atoms. The first kappa shape index (κ1) is 12.1. The highest BCUT2D eigenvalue weighted by Gasteiger charge is 2.34. The van der Waals surface area contributed by atoms with Gasteiger partial charge in [-0.15, -0.1) is 0 Å². The molecule has 1 saturated carbocycles. The Kier molecular flexibility index (Phi) is 3.39. The van der Waals surface area contributed by atoms with E-state index in [2.05, 4.69) is 22.9 Å². The molecule has 1 fully saturated rings. The monoisotopic (exact) mass is 284 g/mol. The summed E-state index contributed by atoms with van der Waals surface area (Å²) in [4.78, 5) is 0.665. The number of rotatable bonds is 2. The first-order valence-corrected chi connectivity index (χ1v) is 6.79. The maximum atomic E-state index is 13.0. The number of hydrogen-bond acceptors (Lipinski definition) is 0. The highest BCUT2D eigenvalue weighted by atomic mass is 79.9. The minimum atomic E-state index is -0.129. The van der Waals surface area contributed by atoms with Gasteiger partial charge >= 0.3 is 0 Å². The van der Waals surface area contributed by atoms with Crippen molar-refractivity contribution in [2.24, 2.45) is 5.41 Å². The van der Waals surface area contributed by atoms with Crippen molar-refractivity contribution in [3.05, 3.63) is 35.1 Å². The van der Waals surface area contributed by atoms with Crippen LogP contribution in [0.4, 0.5) is 4.39 Å². The van der Waals surface area contributed by atoms with Gasteiger partial charge in [-0.3, -0.25) is 0 Å². The normalized spacial score (nSPS) is 29.6. The quantitative estimate of drug-likeness (QED) is 0.695. The van der Waals surface area contributed by atoms with Crippen LogP contribution in [0.15, 0.2) is 18.2 Å². The number of aryl methyl sites for hydroxylation is 1. The molecular weight excluding hydrogens is 267 g/mol. The average molecular weight is 285 g/mol. The lowest BCUT2D eigenvalue weighted by molar-refractivity contribution is 0.335. The van der Waals surface area contributed by atoms with Crippen LogP contribution in [-0.2, 0) is 6.42 Å². The van der Waals surface area contributed by atoms with Gasteiger partial charge in [0.25, 0.3) is 0 Å². The Morgan fingerprint density at radius 3 is 2.81 bits per heavy atom. The number of benzene rings is 1. The van der Waals surface area contributed by atoms with Gasteiger partial charge in [0.05, 0.1) is 0 Å². The summed E-state index contributed by atoms with van der Waals surface area (Å²) in [5.41, 5.74) is 2.77. The second-order valence-electron chi connectivity index (χ2n) is 5.40. The molecule has 88 valence electrons. The highest BCUT2D eigenvalue weighted by molar-refractivity contribution is 9.09. The molecule has 1 aromatic carbocycles. The minimum absolute atomic E-state index is 0.129. The minimum Gasteiger partial charge on any atom is -0.207 e. The van der Waals surface area contributed by atoms with Crippen molar-refractivity contribution in [2.75, 3.05) is 0 Å². The van der Waals surface area contributed by atoms with Crippen LogP contribution < -0.4 is 0 Å². The maximum Gasteiger partial charge on any atom is 0.123 e. The fraction of sp³-hybridized carbons (Fsp3) is 0.571. The van der Waals surface area contributed by atoms with Crippen LogP contribution in [0.1, 0.15) is 37.3 Å². The topological polar surface area (TPSA) is 0 Å². The molecule has 0 N–H and O–H groups in total. The smallest absolute Gasteiger partial charge is 0.123 e. The molecular formula is C14H18BrF. The van der Waals surface area contributed by atoms with E-state index in [1.807, 2.05) is 13.0 Å². The van der Waals surface area contributed by atoms with Gasteiger partial charge in [0.1, 0.15) is 5.82 Å². The Bertz CT molecular complexity index is 388. The predicted molar refractivity (Wildman–Crippen MR) is 69.5 cm³/mol. The van der Waals surface area contributed by atoms with E-state index in [4.69, 9.17) is 0 Å². The van der Waals surface area contributed by atoms with Crippen LogP contribution >= 0.6 is 15.9 Å². The van der Waals surface area contributed by atoms with E-state index in [1.54, 1.807) is 12.1 Å². The molecule has 2 rings (SSSR count). The van der Waals surface area contributed by atoms with Gasteiger partial charge in [0, 0.05) is 4.83 Å². The summed E-state index contributed by atoms with van der Waals surface area (Å²) in [6, 6.07) is 5.16. The van der Waals surface area contributed by atoms with Crippen LogP contribution in [0.3, 0.4) is 0 Å². The summed E-state index contributed by atoms with van der Waals surface area (Å²) in [6.45, 7) is 4.35. The third kappa shape index (κ3) is 2.65. The van der Waals surface area contributed by atoms with Crippen molar-refractivity contribution in [2.45, 2.75) is 44.4 Å².